The van der Waals surface area contributed by atoms with Crippen molar-refractivity contribution in [2.45, 2.75) is 75.7 Å². The number of aliphatic hydroxyl groups excluding tert-OH is 1. The molecule has 0 saturated heterocycles. The first-order valence-electron chi connectivity index (χ1n) is 12.8. The number of pyridine rings is 1. The van der Waals surface area contributed by atoms with Gasteiger partial charge in [-0.05, 0) is 51.5 Å². The number of aliphatic hydroxyl groups is 1. The van der Waals surface area contributed by atoms with Gasteiger partial charge in [0, 0.05) is 30.4 Å². The van der Waals surface area contributed by atoms with Crippen LogP contribution >= 0.6 is 0 Å². The summed E-state index contributed by atoms with van der Waals surface area (Å²) in [5.74, 6) is -0.958. The van der Waals surface area contributed by atoms with Gasteiger partial charge in [-0.25, -0.2) is 13.9 Å². The summed E-state index contributed by atoms with van der Waals surface area (Å²) in [5, 5.41) is 26.6. The Morgan fingerprint density at radius 1 is 1.08 bits per heavy atom. The largest absolute Gasteiger partial charge is 0.391 e. The lowest BCUT2D eigenvalue weighted by Gasteiger charge is -2.31. The van der Waals surface area contributed by atoms with Crippen LogP contribution in [0.3, 0.4) is 0 Å². The molecule has 5 rings (SSSR count). The number of hydrogen-bond acceptors (Lipinski definition) is 9. The van der Waals surface area contributed by atoms with E-state index < -0.39 is 23.9 Å². The number of imidazole rings is 1. The Morgan fingerprint density at radius 3 is 2.45 bits per heavy atom. The van der Waals surface area contributed by atoms with Gasteiger partial charge in [-0.2, -0.15) is 0 Å². The number of nitrogens with two attached hydrogens (primary N) is 1. The van der Waals surface area contributed by atoms with Gasteiger partial charge in [0.1, 0.15) is 11.9 Å². The SMILES string of the molecule is CC(O)[C@@H](N)C(=O)N[C@H]1CC[C@H](Nc2cc(NC3CC3)c3ncc(C(=O)Nc4ccncc4F)n3n2)CC1. The molecule has 38 heavy (non-hydrogen) atoms. The third kappa shape index (κ3) is 5.83. The highest BCUT2D eigenvalue weighted by Gasteiger charge is 2.28. The Morgan fingerprint density at radius 2 is 1.76 bits per heavy atom. The molecule has 0 aromatic carbocycles. The van der Waals surface area contributed by atoms with Crippen LogP contribution in [0, 0.1) is 5.82 Å². The molecule has 3 heterocycles. The predicted molar refractivity (Wildman–Crippen MR) is 139 cm³/mol. The fraction of sp³-hybridized carbons (Fsp3) is 0.480. The highest BCUT2D eigenvalue weighted by atomic mass is 19.1. The minimum atomic E-state index is -0.948. The molecular formula is C25H32FN9O3. The van der Waals surface area contributed by atoms with E-state index in [9.17, 15) is 19.1 Å². The first kappa shape index (κ1) is 25.8. The molecule has 3 aromatic rings. The molecule has 2 atom stereocenters. The number of nitrogens with one attached hydrogen (secondary N) is 4. The van der Waals surface area contributed by atoms with E-state index in [4.69, 9.17) is 5.73 Å². The van der Waals surface area contributed by atoms with Gasteiger partial charge in [0.15, 0.2) is 17.2 Å². The van der Waals surface area contributed by atoms with Gasteiger partial charge < -0.3 is 32.1 Å². The normalized spacial score (nSPS) is 20.9. The third-order valence-electron chi connectivity index (χ3n) is 6.91. The molecule has 0 radical (unpaired) electrons. The van der Waals surface area contributed by atoms with Crippen LogP contribution in [0.25, 0.3) is 5.65 Å². The number of nitrogens with zero attached hydrogens (tertiary/aromatic N) is 4. The molecule has 2 aliphatic rings. The van der Waals surface area contributed by atoms with Crippen molar-refractivity contribution in [1.82, 2.24) is 24.9 Å². The van der Waals surface area contributed by atoms with E-state index in [-0.39, 0.29) is 29.4 Å². The van der Waals surface area contributed by atoms with E-state index in [0.717, 1.165) is 50.4 Å². The Bertz CT molecular complexity index is 1320. The molecule has 7 N–H and O–H groups in total. The summed E-state index contributed by atoms with van der Waals surface area (Å²) < 4.78 is 15.5. The van der Waals surface area contributed by atoms with Crippen molar-refractivity contribution in [2.24, 2.45) is 5.73 Å². The van der Waals surface area contributed by atoms with Crippen LogP contribution in [-0.2, 0) is 4.79 Å². The Labute approximate surface area is 218 Å². The number of hydrogen-bond donors (Lipinski definition) is 6. The lowest BCUT2D eigenvalue weighted by atomic mass is 9.91. The summed E-state index contributed by atoms with van der Waals surface area (Å²) in [5.41, 5.74) is 7.18. The minimum Gasteiger partial charge on any atom is -0.391 e. The van der Waals surface area contributed by atoms with Crippen LogP contribution in [0.2, 0.25) is 0 Å². The van der Waals surface area contributed by atoms with Crippen molar-refractivity contribution < 1.29 is 19.1 Å². The molecular weight excluding hydrogens is 493 g/mol. The standard InChI is InChI=1S/C25H32FN9O3/c1-13(36)22(27)25(38)32-16-6-4-15(5-7-16)31-21-10-19(30-14-2-3-14)23-29-12-20(35(23)34-21)24(37)33-18-8-9-28-11-17(18)26/h8-16,22,30,36H,2-7,27H2,1H3,(H,31,34)(H,32,38)(H,28,33,37)/t13?,15-,16-,22-/m1/s1. The highest BCUT2D eigenvalue weighted by Crippen LogP contribution is 2.30. The number of carbonyl (C=O) groups is 2. The Kier molecular flexibility index (Phi) is 7.38. The molecule has 2 fully saturated rings. The van der Waals surface area contributed by atoms with Crippen molar-refractivity contribution in [3.63, 3.8) is 0 Å². The molecule has 3 aromatic heterocycles. The van der Waals surface area contributed by atoms with E-state index in [1.165, 1.54) is 29.9 Å². The molecule has 13 heteroatoms. The Balaban J connectivity index is 1.30. The molecule has 2 amide bonds. The van der Waals surface area contributed by atoms with Gasteiger partial charge in [0.2, 0.25) is 5.91 Å². The van der Waals surface area contributed by atoms with Crippen LogP contribution in [-0.4, -0.2) is 66.8 Å². The van der Waals surface area contributed by atoms with E-state index in [1.807, 2.05) is 6.07 Å². The number of aromatic nitrogens is 4. The fourth-order valence-electron chi connectivity index (χ4n) is 4.52. The average molecular weight is 526 g/mol. The van der Waals surface area contributed by atoms with Gasteiger partial charge in [-0.1, -0.05) is 0 Å². The van der Waals surface area contributed by atoms with Crippen molar-refractivity contribution in [2.75, 3.05) is 16.0 Å². The van der Waals surface area contributed by atoms with Crippen LogP contribution in [0.4, 0.5) is 21.6 Å². The second-order valence-corrected chi connectivity index (χ2v) is 10.0. The summed E-state index contributed by atoms with van der Waals surface area (Å²) in [6.45, 7) is 1.49. The minimum absolute atomic E-state index is 0.00888. The number of fused-ring (bicyclic) bond motifs is 1. The van der Waals surface area contributed by atoms with Gasteiger partial charge in [-0.15, -0.1) is 5.10 Å². The predicted octanol–water partition coefficient (Wildman–Crippen LogP) is 1.64. The maximum absolute atomic E-state index is 14.0. The summed E-state index contributed by atoms with van der Waals surface area (Å²) in [7, 11) is 0. The molecule has 12 nitrogen and oxygen atoms in total. The molecule has 0 bridgehead atoms. The first-order chi connectivity index (χ1) is 18.3. The van der Waals surface area contributed by atoms with E-state index >= 15 is 0 Å². The summed E-state index contributed by atoms with van der Waals surface area (Å²) in [6.07, 6.45) is 8.13. The van der Waals surface area contributed by atoms with E-state index in [2.05, 4.69) is 36.3 Å². The topological polar surface area (TPSA) is 172 Å². The number of amides is 2. The molecule has 2 aliphatic carbocycles. The van der Waals surface area contributed by atoms with Crippen molar-refractivity contribution in [1.29, 1.82) is 0 Å². The number of anilines is 3. The van der Waals surface area contributed by atoms with Crippen molar-refractivity contribution >= 4 is 34.7 Å². The zero-order valence-corrected chi connectivity index (χ0v) is 21.0. The van der Waals surface area contributed by atoms with Gasteiger partial charge >= 0.3 is 0 Å². The fourth-order valence-corrected chi connectivity index (χ4v) is 4.52. The van der Waals surface area contributed by atoms with Crippen molar-refractivity contribution in [3.05, 3.63) is 42.2 Å². The van der Waals surface area contributed by atoms with Crippen LogP contribution < -0.4 is 27.0 Å². The molecule has 1 unspecified atom stereocenters. The van der Waals surface area contributed by atoms with Crippen molar-refractivity contribution in [3.8, 4) is 0 Å². The van der Waals surface area contributed by atoms with Crippen LogP contribution in [0.15, 0.2) is 30.7 Å². The summed E-state index contributed by atoms with van der Waals surface area (Å²) >= 11 is 0. The van der Waals surface area contributed by atoms with Crippen LogP contribution in [0.5, 0.6) is 0 Å². The Hall–Kier alpha value is -3.84. The zero-order valence-electron chi connectivity index (χ0n) is 21.0. The monoisotopic (exact) mass is 525 g/mol. The molecule has 0 spiro atoms. The number of rotatable bonds is 9. The molecule has 0 aliphatic heterocycles. The van der Waals surface area contributed by atoms with Crippen LogP contribution in [0.1, 0.15) is 55.9 Å². The summed E-state index contributed by atoms with van der Waals surface area (Å²) in [4.78, 5) is 33.3. The first-order valence-corrected chi connectivity index (χ1v) is 12.8. The lowest BCUT2D eigenvalue weighted by molar-refractivity contribution is -0.125. The molecule has 2 saturated carbocycles. The highest BCUT2D eigenvalue weighted by molar-refractivity contribution is 6.03. The van der Waals surface area contributed by atoms with E-state index in [0.29, 0.717) is 17.5 Å². The second-order valence-electron chi connectivity index (χ2n) is 10.0. The zero-order chi connectivity index (χ0) is 26.8. The quantitative estimate of drug-likeness (QED) is 0.243. The number of halogens is 1. The maximum atomic E-state index is 14.0. The smallest absolute Gasteiger partial charge is 0.276 e. The van der Waals surface area contributed by atoms with E-state index in [1.54, 1.807) is 0 Å². The maximum Gasteiger partial charge on any atom is 0.276 e. The average Bonchev–Trinajstić information content (AvgIpc) is 3.61. The number of carbonyl (C=O) groups excluding carboxylic acids is 2. The third-order valence-corrected chi connectivity index (χ3v) is 6.91. The second kappa shape index (κ2) is 10.9. The van der Waals surface area contributed by atoms with Gasteiger partial charge in [-0.3, -0.25) is 14.6 Å². The summed E-state index contributed by atoms with van der Waals surface area (Å²) in [6, 6.07) is 2.77. The molecule has 202 valence electrons. The lowest BCUT2D eigenvalue weighted by Crippen LogP contribution is -2.51. The van der Waals surface area contributed by atoms with Gasteiger partial charge in [0.25, 0.3) is 5.91 Å². The van der Waals surface area contributed by atoms with Gasteiger partial charge in [0.05, 0.1) is 29.9 Å².